The van der Waals surface area contributed by atoms with Gasteiger partial charge in [-0.1, -0.05) is 18.2 Å². The summed E-state index contributed by atoms with van der Waals surface area (Å²) in [6.45, 7) is 3.02. The highest BCUT2D eigenvalue weighted by molar-refractivity contribution is 5.96. The van der Waals surface area contributed by atoms with Crippen molar-refractivity contribution in [2.75, 3.05) is 52.5 Å². The molecule has 3 N–H and O–H groups in total. The van der Waals surface area contributed by atoms with Crippen LogP contribution in [0.3, 0.4) is 0 Å². The molecule has 1 aromatic heterocycles. The third-order valence-corrected chi connectivity index (χ3v) is 8.15. The summed E-state index contributed by atoms with van der Waals surface area (Å²) in [7, 11) is 0. The molecule has 0 radical (unpaired) electrons. The number of hydrogen-bond acceptors (Lipinski definition) is 9. The Bertz CT molecular complexity index is 1480. The maximum atomic E-state index is 13.4. The predicted molar refractivity (Wildman–Crippen MR) is 164 cm³/mol. The average molecular weight is 654 g/mol. The number of piperazine rings is 1. The lowest BCUT2D eigenvalue weighted by Crippen LogP contribution is -2.57. The number of rotatable bonds is 13. The van der Waals surface area contributed by atoms with Gasteiger partial charge in [0, 0.05) is 57.8 Å². The van der Waals surface area contributed by atoms with Gasteiger partial charge in [-0.25, -0.2) is 9.48 Å². The van der Waals surface area contributed by atoms with Gasteiger partial charge in [0.05, 0.1) is 18.2 Å². The monoisotopic (exact) mass is 653 g/mol. The third-order valence-electron chi connectivity index (χ3n) is 8.15. The molecule has 1 atom stereocenters. The smallest absolute Gasteiger partial charge is 0.409 e. The Hall–Kier alpha value is -5.15. The van der Waals surface area contributed by atoms with E-state index >= 15 is 0 Å². The maximum absolute atomic E-state index is 13.4. The molecule has 16 heteroatoms. The fraction of sp³-hybridized carbons (Fsp3) is 0.516. The van der Waals surface area contributed by atoms with Crippen LogP contribution in [-0.4, -0.2) is 130 Å². The zero-order valence-electron chi connectivity index (χ0n) is 26.1. The molecule has 2 aliphatic heterocycles. The number of likely N-dealkylation sites (tertiary alicyclic amines) is 1. The summed E-state index contributed by atoms with van der Waals surface area (Å²) in [4.78, 5) is 79.8. The van der Waals surface area contributed by atoms with E-state index in [1.165, 1.54) is 25.4 Å². The molecular weight excluding hydrogens is 614 g/mol. The first-order valence-corrected chi connectivity index (χ1v) is 15.7. The van der Waals surface area contributed by atoms with Crippen LogP contribution in [0.2, 0.25) is 0 Å². The fourth-order valence-electron chi connectivity index (χ4n) is 5.26. The number of para-hydroxylation sites is 1. The zero-order chi connectivity index (χ0) is 33.5. The van der Waals surface area contributed by atoms with Gasteiger partial charge in [0.2, 0.25) is 17.7 Å². The number of ether oxygens (including phenoxy) is 2. The van der Waals surface area contributed by atoms with Crippen molar-refractivity contribution < 1.29 is 43.3 Å². The Morgan fingerprint density at radius 2 is 1.66 bits per heavy atom. The van der Waals surface area contributed by atoms with Crippen molar-refractivity contribution in [2.45, 2.75) is 44.7 Å². The third kappa shape index (κ3) is 8.56. The number of aromatic nitrogens is 2. The highest BCUT2D eigenvalue weighted by Crippen LogP contribution is 2.23. The van der Waals surface area contributed by atoms with Crippen molar-refractivity contribution >= 4 is 35.7 Å². The molecule has 0 unspecified atom stereocenters. The van der Waals surface area contributed by atoms with Crippen LogP contribution in [0.1, 0.15) is 43.1 Å². The molecule has 5 amide bonds. The molecule has 0 bridgehead atoms. The van der Waals surface area contributed by atoms with E-state index in [2.05, 4.69) is 15.7 Å². The second kappa shape index (κ2) is 15.0. The highest BCUT2D eigenvalue weighted by atomic mass is 16.6. The van der Waals surface area contributed by atoms with Crippen LogP contribution in [0.4, 0.5) is 4.79 Å². The number of benzene rings is 1. The van der Waals surface area contributed by atoms with Gasteiger partial charge in [-0.2, -0.15) is 5.10 Å². The molecule has 252 valence electrons. The minimum atomic E-state index is -1.17. The summed E-state index contributed by atoms with van der Waals surface area (Å²) in [6, 6.07) is 9.22. The first-order chi connectivity index (χ1) is 22.6. The molecule has 1 saturated carbocycles. The summed E-state index contributed by atoms with van der Waals surface area (Å²) in [5, 5.41) is 19.2. The van der Waals surface area contributed by atoms with Crippen LogP contribution in [-0.2, 0) is 23.9 Å². The van der Waals surface area contributed by atoms with E-state index < -0.39 is 29.9 Å². The number of aliphatic carboxylic acids is 1. The van der Waals surface area contributed by atoms with E-state index in [1.807, 2.05) is 0 Å². The second-order valence-corrected chi connectivity index (χ2v) is 11.7. The first-order valence-electron chi connectivity index (χ1n) is 15.7. The molecule has 0 spiro atoms. The first kappa shape index (κ1) is 33.2. The van der Waals surface area contributed by atoms with Gasteiger partial charge < -0.3 is 39.9 Å². The van der Waals surface area contributed by atoms with Crippen molar-refractivity contribution in [1.29, 1.82) is 0 Å². The van der Waals surface area contributed by atoms with Crippen LogP contribution < -0.4 is 15.4 Å². The van der Waals surface area contributed by atoms with Crippen molar-refractivity contribution in [2.24, 2.45) is 5.92 Å². The molecular formula is C31H39N7O9. The van der Waals surface area contributed by atoms with E-state index in [0.717, 1.165) is 12.8 Å². The summed E-state index contributed by atoms with van der Waals surface area (Å²) < 4.78 is 12.2. The van der Waals surface area contributed by atoms with Gasteiger partial charge in [-0.3, -0.25) is 24.0 Å². The van der Waals surface area contributed by atoms with E-state index in [4.69, 9.17) is 9.47 Å². The molecule has 16 nitrogen and oxygen atoms in total. The highest BCUT2D eigenvalue weighted by Gasteiger charge is 2.38. The van der Waals surface area contributed by atoms with E-state index in [1.54, 1.807) is 37.3 Å². The largest absolute Gasteiger partial charge is 0.481 e. The molecule has 3 fully saturated rings. The number of nitrogens with one attached hydrogen (secondary N) is 2. The molecule has 47 heavy (non-hydrogen) atoms. The summed E-state index contributed by atoms with van der Waals surface area (Å²) in [6.07, 6.45) is 0.964. The number of carbonyl (C=O) groups excluding carboxylic acids is 5. The lowest BCUT2D eigenvalue weighted by molar-refractivity contribution is -0.145. The van der Waals surface area contributed by atoms with E-state index in [0.29, 0.717) is 18.8 Å². The van der Waals surface area contributed by atoms with Crippen molar-refractivity contribution in [3.8, 4) is 11.6 Å². The Morgan fingerprint density at radius 1 is 0.979 bits per heavy atom. The van der Waals surface area contributed by atoms with Gasteiger partial charge in [-0.15, -0.1) is 0 Å². The lowest BCUT2D eigenvalue weighted by atomic mass is 9.99. The average Bonchev–Trinajstić information content (AvgIpc) is 3.75. The second-order valence-electron chi connectivity index (χ2n) is 11.7. The number of amides is 5. The molecule has 1 aromatic carbocycles. The number of carbonyl (C=O) groups is 6. The number of hydrogen-bond donors (Lipinski definition) is 3. The van der Waals surface area contributed by atoms with Crippen LogP contribution in [0.25, 0.3) is 5.69 Å². The SMILES string of the molecule is CCOC(=O)N1CCN(C(=O)[C@H](CCC(=O)O)NC(=O)c2cc(OCC(=O)N3CC(C(=O)NC4CC4)C3)n(-c3ccccc3)n2)CC1. The van der Waals surface area contributed by atoms with Gasteiger partial charge in [-0.05, 0) is 38.3 Å². The number of carboxylic acid groups (broad SMARTS) is 1. The van der Waals surface area contributed by atoms with Gasteiger partial charge in [0.25, 0.3) is 11.8 Å². The Kier molecular flexibility index (Phi) is 10.6. The maximum Gasteiger partial charge on any atom is 0.409 e. The molecule has 3 aliphatic rings. The van der Waals surface area contributed by atoms with E-state index in [9.17, 15) is 33.9 Å². The van der Waals surface area contributed by atoms with Crippen LogP contribution in [0.5, 0.6) is 5.88 Å². The summed E-state index contributed by atoms with van der Waals surface area (Å²) in [5.74, 6) is -2.87. The molecule has 2 aromatic rings. The van der Waals surface area contributed by atoms with Crippen molar-refractivity contribution in [3.05, 3.63) is 42.1 Å². The zero-order valence-corrected chi connectivity index (χ0v) is 26.1. The molecule has 1 aliphatic carbocycles. The van der Waals surface area contributed by atoms with Gasteiger partial charge in [0.15, 0.2) is 12.3 Å². The standard InChI is InChI=1S/C31H39N7O9/c1-2-46-31(45)36-14-12-35(13-15-36)30(44)23(10-11-27(40)41)33-29(43)24-16-26(38(34-24)22-6-4-3-5-7-22)47-19-25(39)37-17-20(18-37)28(42)32-21-8-9-21/h3-7,16,20-21,23H,2,8-15,17-19H2,1H3,(H,32,42)(H,33,43)(H,40,41)/t23-/m0/s1. The van der Waals surface area contributed by atoms with Crippen molar-refractivity contribution in [1.82, 2.24) is 35.1 Å². The predicted octanol–water partition coefficient (Wildman–Crippen LogP) is 0.252. The molecule has 5 rings (SSSR count). The lowest BCUT2D eigenvalue weighted by Gasteiger charge is -2.38. The molecule has 3 heterocycles. The Morgan fingerprint density at radius 3 is 2.30 bits per heavy atom. The number of nitrogens with zero attached hydrogens (tertiary/aromatic N) is 5. The molecule has 2 saturated heterocycles. The van der Waals surface area contributed by atoms with Gasteiger partial charge in [0.1, 0.15) is 6.04 Å². The topological polar surface area (TPSA) is 193 Å². The Balaban J connectivity index is 1.24. The van der Waals surface area contributed by atoms with Crippen molar-refractivity contribution in [3.63, 3.8) is 0 Å². The van der Waals surface area contributed by atoms with Crippen LogP contribution >= 0.6 is 0 Å². The van der Waals surface area contributed by atoms with E-state index in [-0.39, 0.29) is 87.6 Å². The van der Waals surface area contributed by atoms with Gasteiger partial charge >= 0.3 is 12.1 Å². The summed E-state index contributed by atoms with van der Waals surface area (Å²) in [5.41, 5.74) is 0.435. The quantitative estimate of drug-likeness (QED) is 0.270. The number of carboxylic acids is 1. The summed E-state index contributed by atoms with van der Waals surface area (Å²) >= 11 is 0. The fourth-order valence-corrected chi connectivity index (χ4v) is 5.26. The van der Waals surface area contributed by atoms with Crippen LogP contribution in [0.15, 0.2) is 36.4 Å². The van der Waals surface area contributed by atoms with Crippen LogP contribution in [0, 0.1) is 5.92 Å². The Labute approximate surface area is 270 Å². The minimum Gasteiger partial charge on any atom is -0.481 e. The normalized spacial score (nSPS) is 16.9. The minimum absolute atomic E-state index is 0.0469.